The number of imide groups is 1. The van der Waals surface area contributed by atoms with Gasteiger partial charge in [-0.25, -0.2) is 9.69 Å². The second-order valence-electron chi connectivity index (χ2n) is 8.95. The number of aryl methyl sites for hydroxylation is 1. The highest BCUT2D eigenvalue weighted by Gasteiger charge is 2.46. The maximum atomic E-state index is 13.5. The number of nitrogens with zero attached hydrogens (tertiary/aromatic N) is 1. The molecule has 2 amide bonds. The lowest BCUT2D eigenvalue weighted by Crippen LogP contribution is -2.43. The van der Waals surface area contributed by atoms with E-state index in [0.717, 1.165) is 10.5 Å². The van der Waals surface area contributed by atoms with Gasteiger partial charge in [-0.05, 0) is 47.8 Å². The molecule has 1 saturated heterocycles. The van der Waals surface area contributed by atoms with Gasteiger partial charge >= 0.3 is 12.1 Å². The molecule has 1 aliphatic heterocycles. The van der Waals surface area contributed by atoms with E-state index in [9.17, 15) is 14.4 Å². The minimum atomic E-state index is -1.04. The van der Waals surface area contributed by atoms with Crippen LogP contribution in [0.5, 0.6) is 0 Å². The molecule has 0 aliphatic carbocycles. The van der Waals surface area contributed by atoms with Gasteiger partial charge in [0.05, 0.1) is 42.9 Å². The van der Waals surface area contributed by atoms with Gasteiger partial charge in [-0.1, -0.05) is 30.3 Å². The summed E-state index contributed by atoms with van der Waals surface area (Å²) in [6.45, 7) is 6.14. The summed E-state index contributed by atoms with van der Waals surface area (Å²) in [4.78, 5) is 39.2. The molecule has 1 aliphatic rings. The molecule has 0 unspecified atom stereocenters. The van der Waals surface area contributed by atoms with Crippen molar-refractivity contribution in [2.45, 2.75) is 51.9 Å². The predicted octanol–water partition coefficient (Wildman–Crippen LogP) is 4.35. The largest absolute Gasteiger partial charge is 0.461 e. The van der Waals surface area contributed by atoms with Crippen LogP contribution in [0.3, 0.4) is 0 Å². The van der Waals surface area contributed by atoms with E-state index in [1.165, 1.54) is 6.92 Å². The number of esters is 1. The molecule has 1 aromatic carbocycles. The van der Waals surface area contributed by atoms with Gasteiger partial charge in [-0.15, -0.1) is 0 Å². The molecule has 11 heteroatoms. The predicted molar refractivity (Wildman–Crippen MR) is 139 cm³/mol. The van der Waals surface area contributed by atoms with E-state index in [-0.39, 0.29) is 13.2 Å². The number of aliphatic hydroxyl groups excluding tert-OH is 1. The maximum absolute atomic E-state index is 13.5. The first kappa shape index (κ1) is 29.8. The molecule has 1 aromatic heterocycles. The van der Waals surface area contributed by atoms with Crippen LogP contribution in [0.25, 0.3) is 0 Å². The van der Waals surface area contributed by atoms with Crippen LogP contribution in [0.1, 0.15) is 56.5 Å². The number of rotatable bonds is 14. The second-order valence-corrected chi connectivity index (χ2v) is 9.81. The smallest absolute Gasteiger partial charge is 0.417 e. The molecular formula is C27H34BrNO9. The molecule has 208 valence electrons. The number of halogens is 1. The topological polar surface area (TPSA) is 125 Å². The van der Waals surface area contributed by atoms with E-state index in [1.807, 2.05) is 30.3 Å². The SMILES string of the molecule is CC(=O)O[C@@H](c1cc(Br)c(CCCOCCOCCO)o1)[C@@H](C)C(=O)N1C(=O)O[C@@H](c2ccccc2)[C@H]1C. The van der Waals surface area contributed by atoms with Gasteiger partial charge in [-0.3, -0.25) is 9.59 Å². The van der Waals surface area contributed by atoms with Crippen molar-refractivity contribution in [2.24, 2.45) is 5.92 Å². The van der Waals surface area contributed by atoms with Gasteiger partial charge in [-0.2, -0.15) is 0 Å². The Balaban J connectivity index is 1.66. The third-order valence-electron chi connectivity index (χ3n) is 6.13. The summed E-state index contributed by atoms with van der Waals surface area (Å²) in [5.41, 5.74) is 0.786. The van der Waals surface area contributed by atoms with Crippen molar-refractivity contribution in [3.05, 3.63) is 58.0 Å². The molecule has 0 bridgehead atoms. The number of furan rings is 1. The van der Waals surface area contributed by atoms with Crippen molar-refractivity contribution in [3.63, 3.8) is 0 Å². The van der Waals surface area contributed by atoms with E-state index in [1.54, 1.807) is 19.9 Å². The van der Waals surface area contributed by atoms with Gasteiger partial charge in [0.1, 0.15) is 17.6 Å². The number of benzene rings is 1. The van der Waals surface area contributed by atoms with Gasteiger partial charge < -0.3 is 28.5 Å². The molecular weight excluding hydrogens is 562 g/mol. The Hall–Kier alpha value is -2.73. The molecule has 2 heterocycles. The lowest BCUT2D eigenvalue weighted by molar-refractivity contribution is -0.154. The number of hydrogen-bond donors (Lipinski definition) is 1. The maximum Gasteiger partial charge on any atom is 0.417 e. The Kier molecular flexibility index (Phi) is 11.3. The molecule has 2 aromatic rings. The van der Waals surface area contributed by atoms with Gasteiger partial charge in [0.2, 0.25) is 5.91 Å². The Morgan fingerprint density at radius 2 is 1.82 bits per heavy atom. The third kappa shape index (κ3) is 7.66. The van der Waals surface area contributed by atoms with Crippen molar-refractivity contribution >= 4 is 33.9 Å². The van der Waals surface area contributed by atoms with Crippen LogP contribution >= 0.6 is 15.9 Å². The average Bonchev–Trinajstić information content (AvgIpc) is 3.41. The lowest BCUT2D eigenvalue weighted by Gasteiger charge is -2.26. The Morgan fingerprint density at radius 3 is 2.47 bits per heavy atom. The normalized spacial score (nSPS) is 18.8. The molecule has 3 rings (SSSR count). The quantitative estimate of drug-likeness (QED) is 0.250. The number of amides is 2. The zero-order valence-electron chi connectivity index (χ0n) is 21.8. The number of carbonyl (C=O) groups is 3. The number of hydrogen-bond acceptors (Lipinski definition) is 9. The first-order valence-corrected chi connectivity index (χ1v) is 13.3. The van der Waals surface area contributed by atoms with Gasteiger partial charge in [0.25, 0.3) is 0 Å². The molecule has 0 spiro atoms. The van der Waals surface area contributed by atoms with Crippen LogP contribution < -0.4 is 0 Å². The third-order valence-corrected chi connectivity index (χ3v) is 6.80. The van der Waals surface area contributed by atoms with Crippen LogP contribution in [0, 0.1) is 5.92 Å². The molecule has 0 radical (unpaired) electrons. The molecule has 1 fully saturated rings. The zero-order valence-corrected chi connectivity index (χ0v) is 23.3. The fourth-order valence-corrected chi connectivity index (χ4v) is 4.74. The van der Waals surface area contributed by atoms with Crippen molar-refractivity contribution in [1.82, 2.24) is 4.90 Å². The first-order valence-electron chi connectivity index (χ1n) is 12.5. The summed E-state index contributed by atoms with van der Waals surface area (Å²) >= 11 is 3.48. The minimum Gasteiger partial charge on any atom is -0.461 e. The summed E-state index contributed by atoms with van der Waals surface area (Å²) in [5.74, 6) is -1.12. The summed E-state index contributed by atoms with van der Waals surface area (Å²) in [6.07, 6.45) is -1.17. The number of carbonyl (C=O) groups excluding carboxylic acids is 3. The number of aliphatic hydroxyl groups is 1. The second kappa shape index (κ2) is 14.4. The minimum absolute atomic E-state index is 0.0250. The van der Waals surface area contributed by atoms with Crippen LogP contribution in [0.15, 0.2) is 45.3 Å². The Bertz CT molecular complexity index is 1070. The van der Waals surface area contributed by atoms with Crippen molar-refractivity contribution in [1.29, 1.82) is 0 Å². The summed E-state index contributed by atoms with van der Waals surface area (Å²) in [5, 5.41) is 8.69. The monoisotopic (exact) mass is 595 g/mol. The highest BCUT2D eigenvalue weighted by atomic mass is 79.9. The van der Waals surface area contributed by atoms with Crippen molar-refractivity contribution in [2.75, 3.05) is 33.0 Å². The molecule has 1 N–H and O–H groups in total. The van der Waals surface area contributed by atoms with Crippen LogP contribution in [-0.4, -0.2) is 67.1 Å². The zero-order chi connectivity index (χ0) is 27.7. The fraction of sp³-hybridized carbons (Fsp3) is 0.519. The van der Waals surface area contributed by atoms with Gasteiger partial charge in [0, 0.05) is 20.0 Å². The van der Waals surface area contributed by atoms with Crippen LogP contribution in [0.2, 0.25) is 0 Å². The van der Waals surface area contributed by atoms with Gasteiger partial charge in [0.15, 0.2) is 6.10 Å². The number of ether oxygens (including phenoxy) is 4. The highest BCUT2D eigenvalue weighted by molar-refractivity contribution is 9.10. The van der Waals surface area contributed by atoms with Crippen molar-refractivity contribution < 1.29 is 42.9 Å². The highest BCUT2D eigenvalue weighted by Crippen LogP contribution is 2.37. The summed E-state index contributed by atoms with van der Waals surface area (Å²) in [7, 11) is 0. The van der Waals surface area contributed by atoms with Crippen LogP contribution in [-0.2, 0) is 35.0 Å². The molecule has 0 saturated carbocycles. The van der Waals surface area contributed by atoms with E-state index in [2.05, 4.69) is 15.9 Å². The van der Waals surface area contributed by atoms with E-state index in [4.69, 9.17) is 28.5 Å². The Labute approximate surface area is 230 Å². The first-order chi connectivity index (χ1) is 18.2. The average molecular weight is 596 g/mol. The van der Waals surface area contributed by atoms with E-state index < -0.39 is 42.1 Å². The summed E-state index contributed by atoms with van der Waals surface area (Å²) in [6, 6.07) is 10.3. The standard InChI is InChI=1S/C27H34BrNO9/c1-17(26(32)29-18(2)25(38-27(29)33)20-8-5-4-6-9-20)24(36-19(3)31)23-16-21(28)22(37-23)10-7-12-34-14-15-35-13-11-30/h4-6,8-9,16-18,24-25,30H,7,10-15H2,1-3H3/t17-,18-,24-,25-/m1/s1. The molecule has 10 nitrogen and oxygen atoms in total. The van der Waals surface area contributed by atoms with E-state index >= 15 is 0 Å². The summed E-state index contributed by atoms with van der Waals surface area (Å²) < 4.78 is 28.4. The number of cyclic esters (lactones) is 1. The fourth-order valence-electron chi connectivity index (χ4n) is 4.24. The van der Waals surface area contributed by atoms with Crippen LogP contribution in [0.4, 0.5) is 4.79 Å². The molecule has 38 heavy (non-hydrogen) atoms. The lowest BCUT2D eigenvalue weighted by atomic mass is 9.98. The Morgan fingerprint density at radius 1 is 1.13 bits per heavy atom. The van der Waals surface area contributed by atoms with Crippen molar-refractivity contribution in [3.8, 4) is 0 Å². The molecule has 4 atom stereocenters. The van der Waals surface area contributed by atoms with E-state index in [0.29, 0.717) is 48.7 Å².